The number of aliphatic carboxylic acids is 1. The smallest absolute Gasteiger partial charge is 0.324 e. The van der Waals surface area contributed by atoms with Gasteiger partial charge in [-0.05, 0) is 18.4 Å². The molecule has 0 unspecified atom stereocenters. The second-order valence-electron chi connectivity index (χ2n) is 5.65. The van der Waals surface area contributed by atoms with E-state index in [1.165, 1.54) is 0 Å². The quantitative estimate of drug-likeness (QED) is 0.745. The van der Waals surface area contributed by atoms with Gasteiger partial charge in [-0.2, -0.15) is 0 Å². The summed E-state index contributed by atoms with van der Waals surface area (Å²) in [4.78, 5) is 13.6. The number of carbonyl (C=O) groups is 1. The molecule has 0 saturated carbocycles. The third-order valence-corrected chi connectivity index (χ3v) is 4.03. The van der Waals surface area contributed by atoms with Gasteiger partial charge in [-0.15, -0.1) is 0 Å². The Kier molecular flexibility index (Phi) is 7.26. The van der Waals surface area contributed by atoms with Gasteiger partial charge in [0.2, 0.25) is 0 Å². The third kappa shape index (κ3) is 5.78. The zero-order chi connectivity index (χ0) is 16.5. The Morgan fingerprint density at radius 3 is 2.61 bits per heavy atom. The second-order valence-corrected chi connectivity index (χ2v) is 5.65. The predicted octanol–water partition coefficient (Wildman–Crippen LogP) is 2.28. The van der Waals surface area contributed by atoms with Gasteiger partial charge in [0.05, 0.1) is 19.3 Å². The summed E-state index contributed by atoms with van der Waals surface area (Å²) in [7, 11) is 1.66. The summed E-state index contributed by atoms with van der Waals surface area (Å²) in [5.74, 6) is -0.809. The maximum atomic E-state index is 11.6. The van der Waals surface area contributed by atoms with Crippen molar-refractivity contribution < 1.29 is 19.4 Å². The van der Waals surface area contributed by atoms with Gasteiger partial charge in [-0.1, -0.05) is 42.5 Å². The van der Waals surface area contributed by atoms with Crippen LogP contribution in [0.3, 0.4) is 0 Å². The van der Waals surface area contributed by atoms with Crippen LogP contribution in [-0.2, 0) is 14.3 Å². The number of methoxy groups -OCH3 is 1. The third-order valence-electron chi connectivity index (χ3n) is 4.03. The predicted molar refractivity (Wildman–Crippen MR) is 89.3 cm³/mol. The minimum absolute atomic E-state index is 0.203. The van der Waals surface area contributed by atoms with Crippen LogP contribution < -0.4 is 0 Å². The SMILES string of the molecule is COCCOC1CCN([C@H](/C=C/c2ccccc2)C(=O)O)CC1. The standard InChI is InChI=1S/C18H25NO4/c1-22-13-14-23-16-9-11-19(12-10-16)17(18(20)21)8-7-15-5-3-2-4-6-15/h2-8,16-17H,9-14H2,1H3,(H,20,21)/b8-7+/t17-/m1/s1. The fraction of sp³-hybridized carbons (Fsp3) is 0.500. The number of likely N-dealkylation sites (tertiary alicyclic amines) is 1. The lowest BCUT2D eigenvalue weighted by atomic mass is 10.0. The molecule has 1 aromatic rings. The van der Waals surface area contributed by atoms with Crippen LogP contribution in [0.5, 0.6) is 0 Å². The summed E-state index contributed by atoms with van der Waals surface area (Å²) in [6, 6.07) is 9.17. The van der Waals surface area contributed by atoms with Crippen molar-refractivity contribution in [2.45, 2.75) is 25.0 Å². The monoisotopic (exact) mass is 319 g/mol. The fourth-order valence-corrected chi connectivity index (χ4v) is 2.75. The molecule has 0 aromatic heterocycles. The molecule has 5 heteroatoms. The van der Waals surface area contributed by atoms with E-state index >= 15 is 0 Å². The number of rotatable bonds is 8. The first-order valence-electron chi connectivity index (χ1n) is 8.01. The van der Waals surface area contributed by atoms with Gasteiger partial charge >= 0.3 is 5.97 Å². The number of carboxylic acids is 1. The highest BCUT2D eigenvalue weighted by Crippen LogP contribution is 2.17. The molecule has 1 atom stereocenters. The summed E-state index contributed by atoms with van der Waals surface area (Å²) in [5.41, 5.74) is 1.01. The van der Waals surface area contributed by atoms with Crippen molar-refractivity contribution in [1.82, 2.24) is 4.90 Å². The molecule has 126 valence electrons. The molecule has 1 heterocycles. The normalized spacial score (nSPS) is 18.3. The van der Waals surface area contributed by atoms with Crippen LogP contribution in [0.15, 0.2) is 36.4 Å². The maximum Gasteiger partial charge on any atom is 0.324 e. The molecule has 1 aromatic carbocycles. The lowest BCUT2D eigenvalue weighted by Crippen LogP contribution is -2.46. The second kappa shape index (κ2) is 9.45. The van der Waals surface area contributed by atoms with Crippen molar-refractivity contribution in [3.05, 3.63) is 42.0 Å². The van der Waals surface area contributed by atoms with Gasteiger partial charge in [0, 0.05) is 20.2 Å². The Bertz CT molecular complexity index is 495. The van der Waals surface area contributed by atoms with E-state index in [4.69, 9.17) is 9.47 Å². The van der Waals surface area contributed by atoms with Crippen LogP contribution in [-0.4, -0.2) is 61.5 Å². The summed E-state index contributed by atoms with van der Waals surface area (Å²) >= 11 is 0. The molecule has 0 amide bonds. The molecule has 1 aliphatic rings. The molecule has 0 aliphatic carbocycles. The van der Waals surface area contributed by atoms with Crippen molar-refractivity contribution in [2.75, 3.05) is 33.4 Å². The van der Waals surface area contributed by atoms with E-state index in [0.29, 0.717) is 13.2 Å². The lowest BCUT2D eigenvalue weighted by Gasteiger charge is -2.34. The molecule has 23 heavy (non-hydrogen) atoms. The number of benzene rings is 1. The number of hydrogen-bond donors (Lipinski definition) is 1. The minimum atomic E-state index is -0.809. The Balaban J connectivity index is 1.87. The minimum Gasteiger partial charge on any atom is -0.480 e. The van der Waals surface area contributed by atoms with E-state index in [2.05, 4.69) is 0 Å². The molecule has 5 nitrogen and oxygen atoms in total. The van der Waals surface area contributed by atoms with Crippen LogP contribution in [0.1, 0.15) is 18.4 Å². The molecular weight excluding hydrogens is 294 g/mol. The van der Waals surface area contributed by atoms with Crippen molar-refractivity contribution in [3.63, 3.8) is 0 Å². The highest BCUT2D eigenvalue weighted by atomic mass is 16.5. The zero-order valence-electron chi connectivity index (χ0n) is 13.6. The van der Waals surface area contributed by atoms with E-state index in [1.807, 2.05) is 41.3 Å². The Hall–Kier alpha value is -1.69. The van der Waals surface area contributed by atoms with E-state index in [1.54, 1.807) is 13.2 Å². The van der Waals surface area contributed by atoms with E-state index in [-0.39, 0.29) is 6.10 Å². The average Bonchev–Trinajstić information content (AvgIpc) is 2.57. The Morgan fingerprint density at radius 1 is 1.30 bits per heavy atom. The molecule has 1 N–H and O–H groups in total. The Labute approximate surface area is 137 Å². The van der Waals surface area contributed by atoms with Crippen molar-refractivity contribution in [1.29, 1.82) is 0 Å². The van der Waals surface area contributed by atoms with Crippen molar-refractivity contribution >= 4 is 12.0 Å². The number of ether oxygens (including phenoxy) is 2. The lowest BCUT2D eigenvalue weighted by molar-refractivity contribution is -0.142. The number of carboxylic acid groups (broad SMARTS) is 1. The van der Waals surface area contributed by atoms with Crippen LogP contribution in [0, 0.1) is 0 Å². The topological polar surface area (TPSA) is 59.0 Å². The highest BCUT2D eigenvalue weighted by Gasteiger charge is 2.28. The summed E-state index contributed by atoms with van der Waals surface area (Å²) in [6.45, 7) is 2.65. The van der Waals surface area contributed by atoms with Crippen molar-refractivity contribution in [2.24, 2.45) is 0 Å². The van der Waals surface area contributed by atoms with Crippen LogP contribution in [0.4, 0.5) is 0 Å². The molecule has 1 fully saturated rings. The summed E-state index contributed by atoms with van der Waals surface area (Å²) in [6.07, 6.45) is 5.55. The van der Waals surface area contributed by atoms with Gasteiger partial charge in [0.25, 0.3) is 0 Å². The molecule has 1 saturated heterocycles. The highest BCUT2D eigenvalue weighted by molar-refractivity contribution is 5.77. The maximum absolute atomic E-state index is 11.6. The molecule has 0 spiro atoms. The zero-order valence-corrected chi connectivity index (χ0v) is 13.6. The first kappa shape index (κ1) is 17.7. The molecular formula is C18H25NO4. The summed E-state index contributed by atoms with van der Waals surface area (Å²) < 4.78 is 10.7. The molecule has 0 radical (unpaired) electrons. The van der Waals surface area contributed by atoms with E-state index in [9.17, 15) is 9.90 Å². The molecule has 0 bridgehead atoms. The van der Waals surface area contributed by atoms with E-state index < -0.39 is 12.0 Å². The Morgan fingerprint density at radius 2 is 2.00 bits per heavy atom. The first-order valence-corrected chi connectivity index (χ1v) is 8.01. The largest absolute Gasteiger partial charge is 0.480 e. The van der Waals surface area contributed by atoms with E-state index in [0.717, 1.165) is 31.5 Å². The summed E-state index contributed by atoms with van der Waals surface area (Å²) in [5, 5.41) is 9.50. The van der Waals surface area contributed by atoms with Crippen LogP contribution in [0.2, 0.25) is 0 Å². The van der Waals surface area contributed by atoms with Gasteiger partial charge in [0.15, 0.2) is 0 Å². The van der Waals surface area contributed by atoms with Crippen LogP contribution in [0.25, 0.3) is 6.08 Å². The number of piperidine rings is 1. The first-order chi connectivity index (χ1) is 11.2. The van der Waals surface area contributed by atoms with Crippen LogP contribution >= 0.6 is 0 Å². The fourth-order valence-electron chi connectivity index (χ4n) is 2.75. The van der Waals surface area contributed by atoms with Crippen molar-refractivity contribution in [3.8, 4) is 0 Å². The molecule has 2 rings (SSSR count). The average molecular weight is 319 g/mol. The number of hydrogen-bond acceptors (Lipinski definition) is 4. The number of nitrogens with zero attached hydrogens (tertiary/aromatic N) is 1. The van der Waals surface area contributed by atoms with Gasteiger partial charge in [0.1, 0.15) is 6.04 Å². The van der Waals surface area contributed by atoms with Gasteiger partial charge in [-0.25, -0.2) is 0 Å². The van der Waals surface area contributed by atoms with Gasteiger partial charge in [-0.3, -0.25) is 9.69 Å². The molecule has 1 aliphatic heterocycles. The van der Waals surface area contributed by atoms with Gasteiger partial charge < -0.3 is 14.6 Å².